The predicted molar refractivity (Wildman–Crippen MR) is 52.0 cm³/mol. The number of aromatic nitrogens is 2. The van der Waals surface area contributed by atoms with E-state index in [1.165, 1.54) is 5.56 Å². The maximum atomic E-state index is 4.29. The highest BCUT2D eigenvalue weighted by Gasteiger charge is 2.19. The minimum Gasteiger partial charge on any atom is -0.275 e. The van der Waals surface area contributed by atoms with Crippen molar-refractivity contribution in [2.45, 2.75) is 26.2 Å². The molecule has 1 heterocycles. The first-order valence-corrected chi connectivity index (χ1v) is 4.11. The van der Waals surface area contributed by atoms with E-state index in [1.807, 2.05) is 11.7 Å². The fourth-order valence-corrected chi connectivity index (χ4v) is 1.23. The molecule has 1 aromatic rings. The van der Waals surface area contributed by atoms with E-state index in [4.69, 9.17) is 0 Å². The van der Waals surface area contributed by atoms with Crippen molar-refractivity contribution in [3.05, 3.63) is 24.0 Å². The van der Waals surface area contributed by atoms with Crippen LogP contribution in [0, 0.1) is 0 Å². The third-order valence-electron chi connectivity index (χ3n) is 1.86. The quantitative estimate of drug-likeness (QED) is 0.623. The Labute approximate surface area is 73.9 Å². The van der Waals surface area contributed by atoms with Gasteiger partial charge in [0.2, 0.25) is 0 Å². The van der Waals surface area contributed by atoms with Gasteiger partial charge < -0.3 is 0 Å². The molecule has 0 fully saturated rings. The Hall–Kier alpha value is -1.05. The molecule has 1 rings (SSSR count). The number of hydrogen-bond donors (Lipinski definition) is 0. The maximum Gasteiger partial charge on any atom is 0.0882 e. The van der Waals surface area contributed by atoms with Crippen molar-refractivity contribution in [3.63, 3.8) is 0 Å². The summed E-state index contributed by atoms with van der Waals surface area (Å²) in [6.45, 7) is 10.3. The summed E-state index contributed by atoms with van der Waals surface area (Å²) in [5.41, 5.74) is 2.39. The second-order valence-corrected chi connectivity index (χ2v) is 4.06. The molecule has 0 N–H and O–H groups in total. The Bertz CT molecular complexity index is 289. The Morgan fingerprint density at radius 1 is 1.50 bits per heavy atom. The van der Waals surface area contributed by atoms with Gasteiger partial charge in [-0.3, -0.25) is 4.68 Å². The van der Waals surface area contributed by atoms with Crippen molar-refractivity contribution in [3.8, 4) is 0 Å². The van der Waals surface area contributed by atoms with Crippen LogP contribution < -0.4 is 0 Å². The molecule has 0 atom stereocenters. The van der Waals surface area contributed by atoms with Crippen molar-refractivity contribution >= 4 is 6.08 Å². The lowest BCUT2D eigenvalue weighted by atomic mass is 9.87. The summed E-state index contributed by atoms with van der Waals surface area (Å²) in [5, 5.41) is 4.29. The highest BCUT2D eigenvalue weighted by atomic mass is 15.2. The van der Waals surface area contributed by atoms with E-state index in [-0.39, 0.29) is 5.41 Å². The van der Waals surface area contributed by atoms with Gasteiger partial charge in [0.25, 0.3) is 0 Å². The summed E-state index contributed by atoms with van der Waals surface area (Å²) in [6.07, 6.45) is 3.86. The summed E-state index contributed by atoms with van der Waals surface area (Å²) >= 11 is 0. The lowest BCUT2D eigenvalue weighted by Crippen LogP contribution is -2.11. The molecule has 0 aromatic carbocycles. The fraction of sp³-hybridized carbons (Fsp3) is 0.500. The fourth-order valence-electron chi connectivity index (χ4n) is 1.23. The first kappa shape index (κ1) is 9.04. The van der Waals surface area contributed by atoms with Gasteiger partial charge in [0, 0.05) is 18.8 Å². The molecule has 0 saturated carbocycles. The zero-order valence-electron chi connectivity index (χ0n) is 8.26. The van der Waals surface area contributed by atoms with Crippen molar-refractivity contribution < 1.29 is 0 Å². The zero-order chi connectivity index (χ0) is 9.35. The van der Waals surface area contributed by atoms with E-state index in [9.17, 15) is 0 Å². The van der Waals surface area contributed by atoms with Gasteiger partial charge in [0.05, 0.1) is 5.69 Å². The number of nitrogens with zero attached hydrogens (tertiary/aromatic N) is 2. The molecule has 2 heteroatoms. The Morgan fingerprint density at radius 3 is 2.42 bits per heavy atom. The molecular weight excluding hydrogens is 148 g/mol. The van der Waals surface area contributed by atoms with Crippen molar-refractivity contribution in [1.29, 1.82) is 0 Å². The van der Waals surface area contributed by atoms with Crippen LogP contribution in [-0.4, -0.2) is 9.78 Å². The second kappa shape index (κ2) is 2.77. The predicted octanol–water partition coefficient (Wildman–Crippen LogP) is 2.36. The average Bonchev–Trinajstić information content (AvgIpc) is 2.29. The van der Waals surface area contributed by atoms with E-state index in [0.29, 0.717) is 0 Å². The molecule has 2 nitrogen and oxygen atoms in total. The molecule has 1 aromatic heterocycles. The van der Waals surface area contributed by atoms with Gasteiger partial charge in [0.15, 0.2) is 0 Å². The lowest BCUT2D eigenvalue weighted by molar-refractivity contribution is 0.588. The van der Waals surface area contributed by atoms with Crippen LogP contribution in [0.4, 0.5) is 0 Å². The van der Waals surface area contributed by atoms with E-state index in [0.717, 1.165) is 5.69 Å². The Morgan fingerprint density at radius 2 is 2.08 bits per heavy atom. The first-order chi connectivity index (χ1) is 5.45. The van der Waals surface area contributed by atoms with Gasteiger partial charge in [-0.15, -0.1) is 0 Å². The van der Waals surface area contributed by atoms with Crippen LogP contribution in [0.25, 0.3) is 6.08 Å². The summed E-state index contributed by atoms with van der Waals surface area (Å²) in [4.78, 5) is 0. The third-order valence-corrected chi connectivity index (χ3v) is 1.86. The van der Waals surface area contributed by atoms with Crippen LogP contribution in [0.1, 0.15) is 32.0 Å². The molecule has 12 heavy (non-hydrogen) atoms. The van der Waals surface area contributed by atoms with Crippen LogP contribution in [0.2, 0.25) is 0 Å². The average molecular weight is 164 g/mol. The summed E-state index contributed by atoms with van der Waals surface area (Å²) in [7, 11) is 1.93. The minimum absolute atomic E-state index is 0.151. The molecule has 0 aliphatic carbocycles. The lowest BCUT2D eigenvalue weighted by Gasteiger charge is -2.16. The van der Waals surface area contributed by atoms with Gasteiger partial charge in [-0.2, -0.15) is 5.10 Å². The minimum atomic E-state index is 0.151. The standard InChI is InChI=1S/C10H16N2/c1-6-9-8(10(2,3)4)7-12(5)11-9/h6-7H,1H2,2-5H3. The molecule has 0 amide bonds. The largest absolute Gasteiger partial charge is 0.275 e. The van der Waals surface area contributed by atoms with Crippen molar-refractivity contribution in [2.24, 2.45) is 7.05 Å². The van der Waals surface area contributed by atoms with Gasteiger partial charge >= 0.3 is 0 Å². The summed E-state index contributed by atoms with van der Waals surface area (Å²) < 4.78 is 1.83. The van der Waals surface area contributed by atoms with Crippen molar-refractivity contribution in [2.75, 3.05) is 0 Å². The first-order valence-electron chi connectivity index (χ1n) is 4.11. The van der Waals surface area contributed by atoms with Gasteiger partial charge in [-0.05, 0) is 11.5 Å². The molecule has 0 aliphatic rings. The monoisotopic (exact) mass is 164 g/mol. The highest BCUT2D eigenvalue weighted by molar-refractivity contribution is 5.48. The summed E-state index contributed by atoms with van der Waals surface area (Å²) in [5.74, 6) is 0. The zero-order valence-corrected chi connectivity index (χ0v) is 8.26. The van der Waals surface area contributed by atoms with Crippen molar-refractivity contribution in [1.82, 2.24) is 9.78 Å². The maximum absolute atomic E-state index is 4.29. The van der Waals surface area contributed by atoms with Gasteiger partial charge in [-0.1, -0.05) is 27.4 Å². The molecule has 66 valence electrons. The van der Waals surface area contributed by atoms with E-state index >= 15 is 0 Å². The van der Waals surface area contributed by atoms with Crippen LogP contribution >= 0.6 is 0 Å². The molecule has 0 aliphatic heterocycles. The van der Waals surface area contributed by atoms with Crippen LogP contribution in [-0.2, 0) is 12.5 Å². The molecule has 0 spiro atoms. The molecule has 0 radical (unpaired) electrons. The SMILES string of the molecule is C=Cc1nn(C)cc1C(C)(C)C. The smallest absolute Gasteiger partial charge is 0.0882 e. The Balaban J connectivity index is 3.22. The Kier molecular flexibility index (Phi) is 2.09. The number of hydrogen-bond acceptors (Lipinski definition) is 1. The normalized spacial score (nSPS) is 11.7. The number of rotatable bonds is 1. The molecule has 0 saturated heterocycles. The van der Waals surface area contributed by atoms with E-state index in [2.05, 4.69) is 38.6 Å². The van der Waals surface area contributed by atoms with Crippen LogP contribution in [0.3, 0.4) is 0 Å². The molecule has 0 unspecified atom stereocenters. The third kappa shape index (κ3) is 1.58. The highest BCUT2D eigenvalue weighted by Crippen LogP contribution is 2.25. The summed E-state index contributed by atoms with van der Waals surface area (Å²) in [6, 6.07) is 0. The van der Waals surface area contributed by atoms with Gasteiger partial charge in [0.1, 0.15) is 0 Å². The number of aryl methyl sites for hydroxylation is 1. The van der Waals surface area contributed by atoms with E-state index in [1.54, 1.807) is 6.08 Å². The van der Waals surface area contributed by atoms with E-state index < -0.39 is 0 Å². The van der Waals surface area contributed by atoms with Crippen LogP contribution in [0.15, 0.2) is 12.8 Å². The second-order valence-electron chi connectivity index (χ2n) is 4.06. The molecular formula is C10H16N2. The van der Waals surface area contributed by atoms with Crippen LogP contribution in [0.5, 0.6) is 0 Å². The molecule has 0 bridgehead atoms. The topological polar surface area (TPSA) is 17.8 Å². The van der Waals surface area contributed by atoms with Gasteiger partial charge in [-0.25, -0.2) is 0 Å².